The number of aliphatic hydroxyl groups excluding tert-OH is 1. The molecule has 1 N–H and O–H groups in total. The minimum absolute atomic E-state index is 0. The molecule has 2 bridgehead atoms. The number of hydrogen-bond donors (Lipinski definition) is 1. The molecule has 12 heavy (non-hydrogen) atoms. The van der Waals surface area contributed by atoms with E-state index in [0.717, 1.165) is 13.1 Å². The third-order valence-electron chi connectivity index (χ3n) is 3.21. The molecule has 1 aliphatic heterocycles. The number of likely N-dealkylation sites (tertiary alicyclic amines) is 1. The molecule has 2 aliphatic rings. The maximum atomic E-state index is 9.78. The van der Waals surface area contributed by atoms with Crippen LogP contribution in [0.4, 0.5) is 0 Å². The van der Waals surface area contributed by atoms with Gasteiger partial charge in [-0.05, 0) is 31.7 Å². The van der Waals surface area contributed by atoms with E-state index in [1.807, 2.05) is 0 Å². The molecule has 2 fully saturated rings. The van der Waals surface area contributed by atoms with Crippen molar-refractivity contribution in [1.82, 2.24) is 4.90 Å². The van der Waals surface area contributed by atoms with Gasteiger partial charge in [-0.25, -0.2) is 0 Å². The Kier molecular flexibility index (Phi) is 4.51. The molecule has 67 valence electrons. The second kappa shape index (κ2) is 4.73. The molecule has 1 heterocycles. The fourth-order valence-corrected chi connectivity index (χ4v) is 2.64. The van der Waals surface area contributed by atoms with Gasteiger partial charge in [0.1, 0.15) is 0 Å². The van der Waals surface area contributed by atoms with Gasteiger partial charge in [0.15, 0.2) is 0 Å². The first-order chi connectivity index (χ1) is 5.27. The van der Waals surface area contributed by atoms with Crippen molar-refractivity contribution in [1.29, 1.82) is 0 Å². The van der Waals surface area contributed by atoms with Crippen molar-refractivity contribution in [3.8, 4) is 0 Å². The molecule has 1 saturated carbocycles. The first-order valence-electron chi connectivity index (χ1n) is 4.64. The Morgan fingerprint density at radius 1 is 1.17 bits per heavy atom. The molecule has 3 heteroatoms. The van der Waals surface area contributed by atoms with Crippen molar-refractivity contribution in [2.75, 3.05) is 20.1 Å². The van der Waals surface area contributed by atoms with Crippen molar-refractivity contribution in [3.05, 3.63) is 0 Å². The van der Waals surface area contributed by atoms with E-state index in [9.17, 15) is 5.11 Å². The Bertz CT molecular complexity index is 139. The summed E-state index contributed by atoms with van der Waals surface area (Å²) >= 11 is 0. The largest absolute Gasteiger partial charge is 0.392 e. The summed E-state index contributed by atoms with van der Waals surface area (Å²) in [6.45, 7) is 2.22. The monoisotopic (exact) mass is 382 g/mol. The topological polar surface area (TPSA) is 23.5 Å². The molecule has 1 saturated heterocycles. The van der Waals surface area contributed by atoms with Crippen LogP contribution in [0.3, 0.4) is 0 Å². The van der Waals surface area contributed by atoms with Crippen LogP contribution in [0.2, 0.25) is 0 Å². The van der Waals surface area contributed by atoms with Crippen LogP contribution in [0, 0.1) is 55.9 Å². The van der Waals surface area contributed by atoms with Crippen molar-refractivity contribution in [3.63, 3.8) is 0 Å². The molecular weight excluding hydrogens is 365 g/mol. The second-order valence-electron chi connectivity index (χ2n) is 4.16. The SMILES string of the molecule is CN1CC2CCCC(C1)C2O.[Ac]. The standard InChI is InChI=1S/C9H17NO.Ac/c1-10-5-7-3-2-4-8(6-10)9(7)11;/h7-9,11H,2-6H2,1H3;. The molecule has 2 unspecified atom stereocenters. The maximum absolute atomic E-state index is 9.78. The van der Waals surface area contributed by atoms with Gasteiger partial charge in [0, 0.05) is 57.2 Å². The van der Waals surface area contributed by atoms with Crippen LogP contribution in [0.1, 0.15) is 19.3 Å². The fourth-order valence-electron chi connectivity index (χ4n) is 2.64. The quantitative estimate of drug-likeness (QED) is 0.667. The van der Waals surface area contributed by atoms with Crippen molar-refractivity contribution < 1.29 is 49.2 Å². The number of fused-ring (bicyclic) bond motifs is 2. The molecule has 0 aromatic rings. The third-order valence-corrected chi connectivity index (χ3v) is 3.21. The van der Waals surface area contributed by atoms with E-state index in [1.54, 1.807) is 0 Å². The van der Waals surface area contributed by atoms with Crippen molar-refractivity contribution >= 4 is 0 Å². The van der Waals surface area contributed by atoms with Gasteiger partial charge >= 0.3 is 0 Å². The average Bonchev–Trinajstić information content (AvgIpc) is 1.92. The zero-order chi connectivity index (χ0) is 7.84. The van der Waals surface area contributed by atoms with E-state index < -0.39 is 0 Å². The smallest absolute Gasteiger partial charge is 0.0620 e. The average molecular weight is 382 g/mol. The third kappa shape index (κ3) is 2.24. The van der Waals surface area contributed by atoms with Gasteiger partial charge in [-0.15, -0.1) is 0 Å². The normalized spacial score (nSPS) is 42.0. The molecule has 2 atom stereocenters. The first-order valence-corrected chi connectivity index (χ1v) is 4.64. The molecule has 2 nitrogen and oxygen atoms in total. The van der Waals surface area contributed by atoms with Crippen LogP contribution in [0.25, 0.3) is 0 Å². The number of aliphatic hydroxyl groups is 1. The van der Waals surface area contributed by atoms with Crippen LogP contribution in [0.5, 0.6) is 0 Å². The summed E-state index contributed by atoms with van der Waals surface area (Å²) < 4.78 is 0. The summed E-state index contributed by atoms with van der Waals surface area (Å²) in [5.74, 6) is 1.15. The van der Waals surface area contributed by atoms with Gasteiger partial charge in [0.25, 0.3) is 0 Å². The van der Waals surface area contributed by atoms with Crippen LogP contribution in [0.15, 0.2) is 0 Å². The molecule has 1 aliphatic carbocycles. The predicted octanol–water partition coefficient (Wildman–Crippen LogP) is 0.709. The number of nitrogens with zero attached hydrogens (tertiary/aromatic N) is 1. The van der Waals surface area contributed by atoms with E-state index in [4.69, 9.17) is 0 Å². The Morgan fingerprint density at radius 2 is 1.67 bits per heavy atom. The molecular formula is C9H17AcNO. The van der Waals surface area contributed by atoms with Gasteiger partial charge < -0.3 is 10.0 Å². The number of hydrogen-bond acceptors (Lipinski definition) is 2. The molecule has 0 aromatic heterocycles. The van der Waals surface area contributed by atoms with Crippen molar-refractivity contribution in [2.45, 2.75) is 25.4 Å². The second-order valence-corrected chi connectivity index (χ2v) is 4.16. The zero-order valence-electron chi connectivity index (χ0n) is 7.74. The van der Waals surface area contributed by atoms with Gasteiger partial charge in [0.2, 0.25) is 0 Å². The molecule has 1 radical (unpaired) electrons. The Hall–Kier alpha value is 1.36. The van der Waals surface area contributed by atoms with Crippen molar-refractivity contribution in [2.24, 2.45) is 11.8 Å². The summed E-state index contributed by atoms with van der Waals surface area (Å²) in [6, 6.07) is 0. The Balaban J connectivity index is 0.000000720. The van der Waals surface area contributed by atoms with Crippen LogP contribution < -0.4 is 0 Å². The molecule has 0 amide bonds. The van der Waals surface area contributed by atoms with Gasteiger partial charge in [-0.1, -0.05) is 6.42 Å². The first kappa shape index (κ1) is 11.4. The summed E-state index contributed by atoms with van der Waals surface area (Å²) in [5.41, 5.74) is 0. The van der Waals surface area contributed by atoms with Gasteiger partial charge in [0.05, 0.1) is 6.10 Å². The Morgan fingerprint density at radius 3 is 2.17 bits per heavy atom. The van der Waals surface area contributed by atoms with Gasteiger partial charge in [-0.3, -0.25) is 0 Å². The van der Waals surface area contributed by atoms with E-state index in [1.165, 1.54) is 19.3 Å². The fraction of sp³-hybridized carbons (Fsp3) is 1.00. The molecule has 0 aromatic carbocycles. The molecule has 0 spiro atoms. The van der Waals surface area contributed by atoms with Crippen LogP contribution in [-0.4, -0.2) is 36.2 Å². The van der Waals surface area contributed by atoms with E-state index >= 15 is 0 Å². The summed E-state index contributed by atoms with van der Waals surface area (Å²) in [7, 11) is 2.16. The van der Waals surface area contributed by atoms with E-state index in [-0.39, 0.29) is 50.2 Å². The molecule has 2 rings (SSSR count). The summed E-state index contributed by atoms with van der Waals surface area (Å²) in [4.78, 5) is 2.36. The summed E-state index contributed by atoms with van der Waals surface area (Å²) in [6.07, 6.45) is 3.82. The summed E-state index contributed by atoms with van der Waals surface area (Å²) in [5, 5.41) is 9.78. The zero-order valence-corrected chi connectivity index (χ0v) is 12.5. The predicted molar refractivity (Wildman–Crippen MR) is 44.3 cm³/mol. The van der Waals surface area contributed by atoms with Gasteiger partial charge in [-0.2, -0.15) is 0 Å². The van der Waals surface area contributed by atoms with Crippen LogP contribution in [-0.2, 0) is 0 Å². The number of piperidine rings is 1. The van der Waals surface area contributed by atoms with Crippen LogP contribution >= 0.6 is 0 Å². The van der Waals surface area contributed by atoms with E-state index in [0.29, 0.717) is 11.8 Å². The Labute approximate surface area is 110 Å². The van der Waals surface area contributed by atoms with E-state index in [2.05, 4.69) is 11.9 Å². The number of rotatable bonds is 0. The maximum Gasteiger partial charge on any atom is 0.0620 e. The minimum atomic E-state index is 0. The minimum Gasteiger partial charge on any atom is -0.392 e.